The van der Waals surface area contributed by atoms with E-state index in [1.54, 1.807) is 0 Å². The Balaban J connectivity index is 1.85. The van der Waals surface area contributed by atoms with Crippen molar-refractivity contribution in [3.05, 3.63) is 35.4 Å². The highest BCUT2D eigenvalue weighted by Crippen LogP contribution is 2.46. The summed E-state index contributed by atoms with van der Waals surface area (Å²) in [6.45, 7) is 4.97. The van der Waals surface area contributed by atoms with Crippen LogP contribution in [0, 0.1) is 11.8 Å². The smallest absolute Gasteiger partial charge is 0.0790 e. The molecule has 2 nitrogen and oxygen atoms in total. The summed E-state index contributed by atoms with van der Waals surface area (Å²) in [5.41, 5.74) is 2.57. The van der Waals surface area contributed by atoms with Gasteiger partial charge in [-0.05, 0) is 61.0 Å². The quantitative estimate of drug-likeness (QED) is 0.374. The molecule has 154 valence electrons. The summed E-state index contributed by atoms with van der Waals surface area (Å²) in [5.74, 6) is 2.33. The van der Waals surface area contributed by atoms with Gasteiger partial charge in [0.2, 0.25) is 0 Å². The number of benzene rings is 1. The Morgan fingerprint density at radius 1 is 0.926 bits per heavy atom. The number of unbranched alkanes of at least 4 members (excludes halogenated alkanes) is 6. The summed E-state index contributed by atoms with van der Waals surface area (Å²) in [5, 5.41) is 19.3. The maximum Gasteiger partial charge on any atom is 0.0790 e. The minimum atomic E-state index is -0.303. The van der Waals surface area contributed by atoms with E-state index in [9.17, 15) is 5.11 Å². The first-order chi connectivity index (χ1) is 13.2. The molecule has 0 spiro atoms. The van der Waals surface area contributed by atoms with E-state index >= 15 is 0 Å². The van der Waals surface area contributed by atoms with Crippen LogP contribution in [0.15, 0.2) is 24.3 Å². The van der Waals surface area contributed by atoms with Crippen molar-refractivity contribution < 1.29 is 10.2 Å². The highest BCUT2D eigenvalue weighted by molar-refractivity contribution is 5.28. The molecule has 2 unspecified atom stereocenters. The molecule has 0 bridgehead atoms. The van der Waals surface area contributed by atoms with Gasteiger partial charge in [-0.3, -0.25) is 0 Å². The van der Waals surface area contributed by atoms with E-state index in [-0.39, 0.29) is 6.10 Å². The summed E-state index contributed by atoms with van der Waals surface area (Å²) in [4.78, 5) is 0. The van der Waals surface area contributed by atoms with Gasteiger partial charge in [0.15, 0.2) is 0 Å². The predicted octanol–water partition coefficient (Wildman–Crippen LogP) is 6.76. The average molecular weight is 375 g/mol. The topological polar surface area (TPSA) is 40.5 Å². The average Bonchev–Trinajstić information content (AvgIpc) is 3.05. The van der Waals surface area contributed by atoms with Crippen molar-refractivity contribution in [2.45, 2.75) is 103 Å². The summed E-state index contributed by atoms with van der Waals surface area (Å²) in [6, 6.07) is 8.91. The van der Waals surface area contributed by atoms with Gasteiger partial charge in [0, 0.05) is 6.61 Å². The molecular weight excluding hydrogens is 332 g/mol. The van der Waals surface area contributed by atoms with Crippen LogP contribution in [0.5, 0.6) is 0 Å². The molecule has 2 rings (SSSR count). The Labute approximate surface area is 167 Å². The Morgan fingerprint density at radius 2 is 1.63 bits per heavy atom. The molecule has 1 aromatic rings. The van der Waals surface area contributed by atoms with Crippen molar-refractivity contribution in [2.75, 3.05) is 6.61 Å². The summed E-state index contributed by atoms with van der Waals surface area (Å²) >= 11 is 0. The van der Waals surface area contributed by atoms with Crippen molar-refractivity contribution in [1.29, 1.82) is 0 Å². The molecule has 1 fully saturated rings. The number of aliphatic hydroxyl groups is 2. The molecule has 0 amide bonds. The molecular formula is C25H42O2. The monoisotopic (exact) mass is 374 g/mol. The molecule has 1 aliphatic carbocycles. The van der Waals surface area contributed by atoms with Crippen LogP contribution < -0.4 is 0 Å². The summed E-state index contributed by atoms with van der Waals surface area (Å²) < 4.78 is 0. The zero-order valence-corrected chi connectivity index (χ0v) is 17.7. The van der Waals surface area contributed by atoms with E-state index in [2.05, 4.69) is 38.1 Å². The standard InChI is InChI=1S/C25H42O2/c1-3-4-8-12-25(27)22-16-14-21(15-17-22)24-18-13-20(2)23(24)11-9-6-5-7-10-19-26/h14-17,20,23-27H,3-13,18-19H2,1-2H3/t20-,23?,24-,25?/m1/s1. The third-order valence-electron chi connectivity index (χ3n) is 6.71. The van der Waals surface area contributed by atoms with Crippen LogP contribution in [0.25, 0.3) is 0 Å². The van der Waals surface area contributed by atoms with Gasteiger partial charge in [-0.25, -0.2) is 0 Å². The second kappa shape index (κ2) is 12.6. The van der Waals surface area contributed by atoms with E-state index in [4.69, 9.17) is 5.11 Å². The molecule has 0 heterocycles. The highest BCUT2D eigenvalue weighted by atomic mass is 16.3. The van der Waals surface area contributed by atoms with Crippen molar-refractivity contribution in [3.8, 4) is 0 Å². The summed E-state index contributed by atoms with van der Waals surface area (Å²) in [7, 11) is 0. The number of hydrogen-bond acceptors (Lipinski definition) is 2. The molecule has 1 aromatic carbocycles. The Kier molecular flexibility index (Phi) is 10.4. The van der Waals surface area contributed by atoms with Crippen molar-refractivity contribution >= 4 is 0 Å². The lowest BCUT2D eigenvalue weighted by Gasteiger charge is -2.24. The molecule has 1 aliphatic rings. The maximum atomic E-state index is 10.4. The van der Waals surface area contributed by atoms with Gasteiger partial charge >= 0.3 is 0 Å². The molecule has 2 N–H and O–H groups in total. The third kappa shape index (κ3) is 7.23. The second-order valence-electron chi connectivity index (χ2n) is 8.78. The lowest BCUT2D eigenvalue weighted by molar-refractivity contribution is 0.163. The van der Waals surface area contributed by atoms with E-state index in [0.29, 0.717) is 12.5 Å². The van der Waals surface area contributed by atoms with Gasteiger partial charge in [-0.1, -0.05) is 83.1 Å². The molecule has 27 heavy (non-hydrogen) atoms. The zero-order valence-electron chi connectivity index (χ0n) is 17.7. The van der Waals surface area contributed by atoms with Crippen LogP contribution in [-0.2, 0) is 0 Å². The minimum Gasteiger partial charge on any atom is -0.396 e. The number of hydrogen-bond donors (Lipinski definition) is 2. The van der Waals surface area contributed by atoms with Crippen LogP contribution in [0.3, 0.4) is 0 Å². The van der Waals surface area contributed by atoms with Crippen molar-refractivity contribution in [3.63, 3.8) is 0 Å². The normalized spacial score (nSPS) is 23.6. The van der Waals surface area contributed by atoms with Crippen molar-refractivity contribution in [1.82, 2.24) is 0 Å². The first kappa shape index (κ1) is 22.4. The highest BCUT2D eigenvalue weighted by Gasteiger charge is 2.33. The number of aliphatic hydroxyl groups excluding tert-OH is 2. The Morgan fingerprint density at radius 3 is 2.33 bits per heavy atom. The fraction of sp³-hybridized carbons (Fsp3) is 0.760. The molecule has 0 aromatic heterocycles. The maximum absolute atomic E-state index is 10.4. The van der Waals surface area contributed by atoms with Crippen LogP contribution in [0.1, 0.15) is 114 Å². The predicted molar refractivity (Wildman–Crippen MR) is 115 cm³/mol. The molecule has 0 saturated heterocycles. The first-order valence-electron chi connectivity index (χ1n) is 11.6. The minimum absolute atomic E-state index is 0.303. The SMILES string of the molecule is CCCCCC(O)c1ccc([C@H]2CC[C@@H](C)C2CCCCCCCO)cc1. The second-order valence-corrected chi connectivity index (χ2v) is 8.78. The van der Waals surface area contributed by atoms with Gasteiger partial charge in [-0.15, -0.1) is 0 Å². The lowest BCUT2D eigenvalue weighted by Crippen LogP contribution is -2.12. The van der Waals surface area contributed by atoms with Crippen LogP contribution >= 0.6 is 0 Å². The fourth-order valence-corrected chi connectivity index (χ4v) is 4.91. The number of rotatable bonds is 13. The third-order valence-corrected chi connectivity index (χ3v) is 6.71. The van der Waals surface area contributed by atoms with Gasteiger partial charge in [0.25, 0.3) is 0 Å². The lowest BCUT2D eigenvalue weighted by atomic mass is 9.81. The Hall–Kier alpha value is -0.860. The van der Waals surface area contributed by atoms with Crippen LogP contribution in [0.4, 0.5) is 0 Å². The van der Waals surface area contributed by atoms with Gasteiger partial charge < -0.3 is 10.2 Å². The van der Waals surface area contributed by atoms with Gasteiger partial charge in [0.1, 0.15) is 0 Å². The molecule has 4 atom stereocenters. The van der Waals surface area contributed by atoms with E-state index in [1.165, 1.54) is 63.4 Å². The van der Waals surface area contributed by atoms with Crippen molar-refractivity contribution in [2.24, 2.45) is 11.8 Å². The zero-order chi connectivity index (χ0) is 19.5. The first-order valence-corrected chi connectivity index (χ1v) is 11.6. The molecule has 1 saturated carbocycles. The molecule has 0 radical (unpaired) electrons. The van der Waals surface area contributed by atoms with Gasteiger partial charge in [0.05, 0.1) is 6.10 Å². The Bertz CT molecular complexity index is 496. The fourth-order valence-electron chi connectivity index (χ4n) is 4.91. The molecule has 0 aliphatic heterocycles. The molecule has 2 heteroatoms. The van der Waals surface area contributed by atoms with E-state index in [0.717, 1.165) is 36.7 Å². The summed E-state index contributed by atoms with van der Waals surface area (Å²) in [6.07, 6.45) is 14.1. The van der Waals surface area contributed by atoms with Gasteiger partial charge in [-0.2, -0.15) is 0 Å². The largest absolute Gasteiger partial charge is 0.396 e. The van der Waals surface area contributed by atoms with Crippen LogP contribution in [0.2, 0.25) is 0 Å². The van der Waals surface area contributed by atoms with E-state index in [1.807, 2.05) is 0 Å². The van der Waals surface area contributed by atoms with E-state index < -0.39 is 0 Å². The van der Waals surface area contributed by atoms with Crippen LogP contribution in [-0.4, -0.2) is 16.8 Å².